The summed E-state index contributed by atoms with van der Waals surface area (Å²) in [4.78, 5) is 10.0. The molecular formula is C32H19N3. The molecular weight excluding hydrogens is 426 g/mol. The van der Waals surface area contributed by atoms with Crippen LogP contribution in [0.4, 0.5) is 0 Å². The number of hydrogen-bond acceptors (Lipinski definition) is 2. The second kappa shape index (κ2) is 6.13. The van der Waals surface area contributed by atoms with E-state index in [0.717, 1.165) is 40.6 Å². The molecule has 0 atom stereocenters. The first-order valence-electron chi connectivity index (χ1n) is 12.2. The summed E-state index contributed by atoms with van der Waals surface area (Å²) in [6.07, 6.45) is 3.87. The molecule has 9 rings (SSSR count). The normalized spacial score (nSPS) is 13.5. The fraction of sp³-hybridized carbons (Fsp3) is 0.0625. The molecule has 3 aromatic heterocycles. The minimum atomic E-state index is 0.938. The molecule has 0 saturated heterocycles. The van der Waals surface area contributed by atoms with E-state index in [-0.39, 0.29) is 0 Å². The zero-order valence-corrected chi connectivity index (χ0v) is 18.9. The van der Waals surface area contributed by atoms with Crippen LogP contribution in [0.25, 0.3) is 60.7 Å². The van der Waals surface area contributed by atoms with Crippen LogP contribution in [0, 0.1) is 0 Å². The molecule has 0 saturated carbocycles. The highest BCUT2D eigenvalue weighted by Gasteiger charge is 2.30. The smallest absolute Gasteiger partial charge is 0.146 e. The number of aromatic nitrogens is 3. The molecule has 4 aromatic carbocycles. The van der Waals surface area contributed by atoms with Gasteiger partial charge in [-0.2, -0.15) is 0 Å². The number of nitrogens with zero attached hydrogens (tertiary/aromatic N) is 3. The van der Waals surface area contributed by atoms with E-state index in [1.165, 1.54) is 55.3 Å². The molecule has 0 unspecified atom stereocenters. The second-order valence-corrected chi connectivity index (χ2v) is 9.78. The average Bonchev–Trinajstić information content (AvgIpc) is 3.59. The molecule has 0 fully saturated rings. The van der Waals surface area contributed by atoms with E-state index in [2.05, 4.69) is 83.3 Å². The molecule has 0 radical (unpaired) electrons. The lowest BCUT2D eigenvalue weighted by Gasteiger charge is -2.13. The fourth-order valence-electron chi connectivity index (χ4n) is 6.68. The van der Waals surface area contributed by atoms with Crippen molar-refractivity contribution < 1.29 is 0 Å². The zero-order chi connectivity index (χ0) is 22.7. The summed E-state index contributed by atoms with van der Waals surface area (Å²) in [6, 6.07) is 30.7. The number of benzene rings is 4. The van der Waals surface area contributed by atoms with Gasteiger partial charge >= 0.3 is 0 Å². The van der Waals surface area contributed by atoms with E-state index < -0.39 is 0 Å². The Morgan fingerprint density at radius 1 is 0.629 bits per heavy atom. The van der Waals surface area contributed by atoms with E-state index in [1.807, 2.05) is 12.3 Å². The Hall–Kier alpha value is -4.50. The third-order valence-corrected chi connectivity index (χ3v) is 8.09. The topological polar surface area (TPSA) is 30.2 Å². The number of imidazole rings is 1. The van der Waals surface area contributed by atoms with Crippen LogP contribution in [0.2, 0.25) is 0 Å². The summed E-state index contributed by atoms with van der Waals surface area (Å²) in [7, 11) is 0. The van der Waals surface area contributed by atoms with Crippen molar-refractivity contribution in [1.82, 2.24) is 14.4 Å². The number of pyridine rings is 2. The van der Waals surface area contributed by atoms with Crippen LogP contribution in [0.5, 0.6) is 0 Å². The first kappa shape index (κ1) is 17.9. The maximum absolute atomic E-state index is 5.09. The summed E-state index contributed by atoms with van der Waals surface area (Å²) in [6.45, 7) is 0. The molecule has 3 nitrogen and oxygen atoms in total. The summed E-state index contributed by atoms with van der Waals surface area (Å²) in [5.74, 6) is 0. The molecule has 3 heteroatoms. The highest BCUT2D eigenvalue weighted by molar-refractivity contribution is 6.16. The lowest BCUT2D eigenvalue weighted by atomic mass is 9.94. The maximum Gasteiger partial charge on any atom is 0.146 e. The Morgan fingerprint density at radius 2 is 1.46 bits per heavy atom. The molecule has 0 bridgehead atoms. The maximum atomic E-state index is 5.09. The fourth-order valence-corrected chi connectivity index (χ4v) is 6.68. The van der Waals surface area contributed by atoms with Gasteiger partial charge < -0.3 is 0 Å². The largest absolute Gasteiger partial charge is 0.290 e. The predicted octanol–water partition coefficient (Wildman–Crippen LogP) is 7.33. The van der Waals surface area contributed by atoms with E-state index >= 15 is 0 Å². The number of rotatable bonds is 0. The van der Waals surface area contributed by atoms with Crippen LogP contribution in [0.3, 0.4) is 0 Å². The predicted molar refractivity (Wildman–Crippen MR) is 142 cm³/mol. The van der Waals surface area contributed by atoms with Gasteiger partial charge in [-0.15, -0.1) is 0 Å². The van der Waals surface area contributed by atoms with Crippen LogP contribution in [-0.2, 0) is 12.8 Å². The van der Waals surface area contributed by atoms with Gasteiger partial charge in [-0.3, -0.25) is 9.38 Å². The van der Waals surface area contributed by atoms with Gasteiger partial charge in [0.2, 0.25) is 0 Å². The molecule has 0 spiro atoms. The van der Waals surface area contributed by atoms with Crippen molar-refractivity contribution in [2.24, 2.45) is 0 Å². The molecule has 0 amide bonds. The van der Waals surface area contributed by atoms with Crippen molar-refractivity contribution in [3.8, 4) is 22.3 Å². The van der Waals surface area contributed by atoms with E-state index in [9.17, 15) is 0 Å². The van der Waals surface area contributed by atoms with Gasteiger partial charge in [-0.05, 0) is 87.7 Å². The van der Waals surface area contributed by atoms with Gasteiger partial charge in [0.05, 0.1) is 22.1 Å². The lowest BCUT2D eigenvalue weighted by molar-refractivity contribution is 1.24. The van der Waals surface area contributed by atoms with Crippen LogP contribution in [0.15, 0.2) is 91.1 Å². The molecule has 0 N–H and O–H groups in total. The molecule has 162 valence electrons. The molecule has 0 aliphatic heterocycles. The van der Waals surface area contributed by atoms with E-state index in [4.69, 9.17) is 9.97 Å². The van der Waals surface area contributed by atoms with Gasteiger partial charge in [0.25, 0.3) is 0 Å². The van der Waals surface area contributed by atoms with Crippen molar-refractivity contribution in [3.05, 3.63) is 113 Å². The molecule has 7 aromatic rings. The number of fused-ring (bicyclic) bond motifs is 16. The minimum absolute atomic E-state index is 0.938. The number of hydrogen-bond donors (Lipinski definition) is 0. The minimum Gasteiger partial charge on any atom is -0.290 e. The Kier molecular flexibility index (Phi) is 3.14. The average molecular weight is 446 g/mol. The monoisotopic (exact) mass is 445 g/mol. The summed E-state index contributed by atoms with van der Waals surface area (Å²) < 4.78 is 2.28. The Labute approximate surface area is 201 Å². The van der Waals surface area contributed by atoms with Crippen LogP contribution in [-0.4, -0.2) is 14.4 Å². The van der Waals surface area contributed by atoms with Crippen molar-refractivity contribution in [2.75, 3.05) is 0 Å². The highest BCUT2D eigenvalue weighted by Crippen LogP contribution is 2.50. The van der Waals surface area contributed by atoms with E-state index in [1.54, 1.807) is 0 Å². The van der Waals surface area contributed by atoms with Crippen molar-refractivity contribution >= 4 is 38.5 Å². The Bertz CT molecular complexity index is 2060. The zero-order valence-electron chi connectivity index (χ0n) is 18.9. The van der Waals surface area contributed by atoms with Gasteiger partial charge in [-0.25, -0.2) is 4.98 Å². The number of para-hydroxylation sites is 2. The molecule has 2 aliphatic rings. The van der Waals surface area contributed by atoms with Gasteiger partial charge in [0, 0.05) is 17.0 Å². The first-order valence-corrected chi connectivity index (χ1v) is 12.2. The Morgan fingerprint density at radius 3 is 2.46 bits per heavy atom. The van der Waals surface area contributed by atoms with Gasteiger partial charge in [-0.1, -0.05) is 54.6 Å². The van der Waals surface area contributed by atoms with Crippen molar-refractivity contribution in [2.45, 2.75) is 12.8 Å². The first-order chi connectivity index (χ1) is 17.4. The summed E-state index contributed by atoms with van der Waals surface area (Å²) >= 11 is 0. The quantitative estimate of drug-likeness (QED) is 0.229. The Balaban J connectivity index is 1.42. The SMILES string of the molecule is c1ccc2c(c1)Cc1c-2ccc2c1-c1ccc3c(c1C2)c1ncccc1n1c2ccccc2nc31. The highest BCUT2D eigenvalue weighted by atomic mass is 15.0. The standard InChI is InChI=1S/C32H19N3/c1-2-7-20-18(6-1)16-24-21(20)12-11-19-17-25-22(29(19)24)13-14-23-30(25)31-28(10-5-15-33-31)35-27-9-4-3-8-26(27)34-32(23)35/h1-15H,16-17H2. The second-order valence-electron chi connectivity index (χ2n) is 9.78. The summed E-state index contributed by atoms with van der Waals surface area (Å²) in [5.41, 5.74) is 16.6. The van der Waals surface area contributed by atoms with Crippen molar-refractivity contribution in [3.63, 3.8) is 0 Å². The van der Waals surface area contributed by atoms with Gasteiger partial charge in [0.15, 0.2) is 0 Å². The third kappa shape index (κ3) is 2.12. The van der Waals surface area contributed by atoms with Crippen LogP contribution < -0.4 is 0 Å². The van der Waals surface area contributed by atoms with Crippen LogP contribution in [0.1, 0.15) is 22.3 Å². The molecule has 35 heavy (non-hydrogen) atoms. The lowest BCUT2D eigenvalue weighted by Crippen LogP contribution is -1.96. The van der Waals surface area contributed by atoms with Crippen molar-refractivity contribution in [1.29, 1.82) is 0 Å². The third-order valence-electron chi connectivity index (χ3n) is 8.09. The molecule has 2 aliphatic carbocycles. The van der Waals surface area contributed by atoms with E-state index in [0.29, 0.717) is 0 Å². The summed E-state index contributed by atoms with van der Waals surface area (Å²) in [5, 5.41) is 2.43. The van der Waals surface area contributed by atoms with Gasteiger partial charge in [0.1, 0.15) is 5.65 Å². The molecule has 3 heterocycles. The van der Waals surface area contributed by atoms with Crippen LogP contribution >= 0.6 is 0 Å².